The summed E-state index contributed by atoms with van der Waals surface area (Å²) in [5.41, 5.74) is -0.794. The monoisotopic (exact) mass is 418 g/mol. The molecule has 5 nitrogen and oxygen atoms in total. The van der Waals surface area contributed by atoms with Crippen molar-refractivity contribution in [1.82, 2.24) is 9.80 Å². The highest BCUT2D eigenvalue weighted by molar-refractivity contribution is 6.30. The molecule has 1 heterocycles. The highest BCUT2D eigenvalue weighted by Gasteiger charge is 2.40. The van der Waals surface area contributed by atoms with E-state index in [4.69, 9.17) is 11.6 Å². The number of benzene rings is 2. The molecule has 1 fully saturated rings. The standard InChI is InChI=1S/C22H24ClFN2O3/c1-2-22(29,17-5-3-6-18(23)15-17)21(28)26-12-4-11-25(13-14-26)20(27)16-7-9-19(24)10-8-16/h3,5-10,15,29H,2,4,11-14H2,1H3. The molecule has 0 aromatic heterocycles. The number of nitrogens with zero attached hydrogens (tertiary/aromatic N) is 2. The lowest BCUT2D eigenvalue weighted by molar-refractivity contribution is -0.152. The summed E-state index contributed by atoms with van der Waals surface area (Å²) in [5.74, 6) is -0.979. The fourth-order valence-electron chi connectivity index (χ4n) is 3.58. The highest BCUT2D eigenvalue weighted by Crippen LogP contribution is 2.30. The second kappa shape index (κ2) is 8.93. The zero-order chi connectivity index (χ0) is 21.0. The Balaban J connectivity index is 1.73. The first-order valence-electron chi connectivity index (χ1n) is 9.68. The number of hydrogen-bond acceptors (Lipinski definition) is 3. The Labute approximate surface area is 174 Å². The third kappa shape index (κ3) is 4.60. The molecule has 0 aliphatic carbocycles. The molecule has 0 saturated carbocycles. The van der Waals surface area contributed by atoms with Crippen LogP contribution in [0.15, 0.2) is 48.5 Å². The van der Waals surface area contributed by atoms with Gasteiger partial charge in [-0.05, 0) is 54.8 Å². The second-order valence-electron chi connectivity index (χ2n) is 7.17. The molecular weight excluding hydrogens is 395 g/mol. The summed E-state index contributed by atoms with van der Waals surface area (Å²) >= 11 is 6.04. The predicted octanol–water partition coefficient (Wildman–Crippen LogP) is 3.45. The lowest BCUT2D eigenvalue weighted by Crippen LogP contribution is -2.48. The van der Waals surface area contributed by atoms with Gasteiger partial charge in [-0.1, -0.05) is 30.7 Å². The molecule has 1 aliphatic rings. The molecule has 154 valence electrons. The minimum Gasteiger partial charge on any atom is -0.375 e. The Bertz CT molecular complexity index is 890. The van der Waals surface area contributed by atoms with Gasteiger partial charge in [0, 0.05) is 36.8 Å². The molecule has 1 N–H and O–H groups in total. The smallest absolute Gasteiger partial charge is 0.259 e. The maximum atomic E-state index is 13.2. The summed E-state index contributed by atoms with van der Waals surface area (Å²) < 4.78 is 13.1. The van der Waals surface area contributed by atoms with Crippen LogP contribution in [0.25, 0.3) is 0 Å². The van der Waals surface area contributed by atoms with Gasteiger partial charge in [-0.25, -0.2) is 4.39 Å². The van der Waals surface area contributed by atoms with E-state index in [1.54, 1.807) is 41.0 Å². The normalized spacial score (nSPS) is 16.8. The van der Waals surface area contributed by atoms with E-state index in [2.05, 4.69) is 0 Å². The van der Waals surface area contributed by atoms with Crippen LogP contribution in [0.3, 0.4) is 0 Å². The summed E-state index contributed by atoms with van der Waals surface area (Å²) in [6, 6.07) is 12.1. The molecule has 1 saturated heterocycles. The fraction of sp³-hybridized carbons (Fsp3) is 0.364. The van der Waals surface area contributed by atoms with E-state index in [9.17, 15) is 19.1 Å². The number of amides is 2. The van der Waals surface area contributed by atoms with Gasteiger partial charge < -0.3 is 14.9 Å². The van der Waals surface area contributed by atoms with Gasteiger partial charge in [0.2, 0.25) is 0 Å². The van der Waals surface area contributed by atoms with E-state index in [1.807, 2.05) is 0 Å². The Morgan fingerprint density at radius 3 is 2.38 bits per heavy atom. The minimum absolute atomic E-state index is 0.195. The molecular formula is C22H24ClFN2O3. The number of aliphatic hydroxyl groups is 1. The van der Waals surface area contributed by atoms with E-state index < -0.39 is 17.3 Å². The van der Waals surface area contributed by atoms with E-state index in [1.165, 1.54) is 24.3 Å². The van der Waals surface area contributed by atoms with Crippen molar-refractivity contribution < 1.29 is 19.1 Å². The Hall–Kier alpha value is -2.44. The first kappa shape index (κ1) is 21.3. The van der Waals surface area contributed by atoms with Gasteiger partial charge in [0.25, 0.3) is 11.8 Å². The maximum absolute atomic E-state index is 13.2. The molecule has 7 heteroatoms. The van der Waals surface area contributed by atoms with Crippen molar-refractivity contribution in [2.45, 2.75) is 25.4 Å². The number of carbonyl (C=O) groups excluding carboxylic acids is 2. The largest absolute Gasteiger partial charge is 0.375 e. The number of hydrogen-bond donors (Lipinski definition) is 1. The molecule has 2 amide bonds. The van der Waals surface area contributed by atoms with Crippen LogP contribution in [0.5, 0.6) is 0 Å². The van der Waals surface area contributed by atoms with Crippen molar-refractivity contribution in [2.75, 3.05) is 26.2 Å². The van der Waals surface area contributed by atoms with Crippen LogP contribution in [-0.2, 0) is 10.4 Å². The zero-order valence-electron chi connectivity index (χ0n) is 16.3. The molecule has 0 radical (unpaired) electrons. The van der Waals surface area contributed by atoms with Crippen LogP contribution in [0.4, 0.5) is 4.39 Å². The van der Waals surface area contributed by atoms with Crippen molar-refractivity contribution >= 4 is 23.4 Å². The Morgan fingerprint density at radius 2 is 1.72 bits per heavy atom. The van der Waals surface area contributed by atoms with Crippen molar-refractivity contribution in [3.63, 3.8) is 0 Å². The van der Waals surface area contributed by atoms with E-state index >= 15 is 0 Å². The Kier molecular flexibility index (Phi) is 6.55. The van der Waals surface area contributed by atoms with E-state index in [0.717, 1.165) is 0 Å². The van der Waals surface area contributed by atoms with Crippen molar-refractivity contribution in [3.8, 4) is 0 Å². The van der Waals surface area contributed by atoms with Gasteiger partial charge >= 0.3 is 0 Å². The summed E-state index contributed by atoms with van der Waals surface area (Å²) in [6.45, 7) is 3.34. The molecule has 3 rings (SSSR count). The lowest BCUT2D eigenvalue weighted by Gasteiger charge is -2.32. The zero-order valence-corrected chi connectivity index (χ0v) is 17.0. The molecule has 2 aromatic rings. The second-order valence-corrected chi connectivity index (χ2v) is 7.61. The van der Waals surface area contributed by atoms with E-state index in [0.29, 0.717) is 48.7 Å². The highest BCUT2D eigenvalue weighted by atomic mass is 35.5. The summed E-state index contributed by atoms with van der Waals surface area (Å²) in [4.78, 5) is 29.1. The van der Waals surface area contributed by atoms with Gasteiger partial charge in [-0.2, -0.15) is 0 Å². The minimum atomic E-state index is -1.67. The number of carbonyl (C=O) groups is 2. The van der Waals surface area contributed by atoms with Gasteiger partial charge in [0.05, 0.1) is 0 Å². The first-order chi connectivity index (χ1) is 13.8. The lowest BCUT2D eigenvalue weighted by atomic mass is 9.89. The first-order valence-corrected chi connectivity index (χ1v) is 10.1. The van der Waals surface area contributed by atoms with Crippen LogP contribution in [0.2, 0.25) is 5.02 Å². The Morgan fingerprint density at radius 1 is 1.07 bits per heavy atom. The third-order valence-corrected chi connectivity index (χ3v) is 5.56. The van der Waals surface area contributed by atoms with Crippen LogP contribution >= 0.6 is 11.6 Å². The number of halogens is 2. The van der Waals surface area contributed by atoms with Gasteiger partial charge in [-0.15, -0.1) is 0 Å². The topological polar surface area (TPSA) is 60.9 Å². The molecule has 1 aliphatic heterocycles. The summed E-state index contributed by atoms with van der Waals surface area (Å²) in [6.07, 6.45) is 0.801. The molecule has 1 unspecified atom stereocenters. The van der Waals surface area contributed by atoms with Crippen molar-refractivity contribution in [1.29, 1.82) is 0 Å². The maximum Gasteiger partial charge on any atom is 0.259 e. The van der Waals surface area contributed by atoms with E-state index in [-0.39, 0.29) is 12.3 Å². The summed E-state index contributed by atoms with van der Waals surface area (Å²) in [5, 5.41) is 11.6. The quantitative estimate of drug-likeness (QED) is 0.827. The van der Waals surface area contributed by atoms with Crippen LogP contribution < -0.4 is 0 Å². The summed E-state index contributed by atoms with van der Waals surface area (Å²) in [7, 11) is 0. The predicted molar refractivity (Wildman–Crippen MR) is 109 cm³/mol. The number of rotatable bonds is 4. The van der Waals surface area contributed by atoms with Crippen LogP contribution in [0, 0.1) is 5.82 Å². The SMILES string of the molecule is CCC(O)(C(=O)N1CCCN(C(=O)c2ccc(F)cc2)CC1)c1cccc(Cl)c1. The van der Waals surface area contributed by atoms with Gasteiger partial charge in [0.15, 0.2) is 5.60 Å². The van der Waals surface area contributed by atoms with Gasteiger partial charge in [0.1, 0.15) is 5.82 Å². The van der Waals surface area contributed by atoms with Gasteiger partial charge in [-0.3, -0.25) is 9.59 Å². The van der Waals surface area contributed by atoms with Crippen molar-refractivity contribution in [2.24, 2.45) is 0 Å². The molecule has 29 heavy (non-hydrogen) atoms. The molecule has 2 aromatic carbocycles. The fourth-order valence-corrected chi connectivity index (χ4v) is 3.78. The molecule has 0 spiro atoms. The van der Waals surface area contributed by atoms with Crippen LogP contribution in [-0.4, -0.2) is 52.9 Å². The third-order valence-electron chi connectivity index (χ3n) is 5.33. The molecule has 1 atom stereocenters. The van der Waals surface area contributed by atoms with Crippen molar-refractivity contribution in [3.05, 3.63) is 70.5 Å². The van der Waals surface area contributed by atoms with Crippen LogP contribution in [0.1, 0.15) is 35.7 Å². The average Bonchev–Trinajstić information content (AvgIpc) is 2.99. The molecule has 0 bridgehead atoms. The average molecular weight is 419 g/mol.